The van der Waals surface area contributed by atoms with Crippen LogP contribution in [0.15, 0.2) is 71.9 Å². The number of pyridine rings is 2. The van der Waals surface area contributed by atoms with E-state index in [2.05, 4.69) is 9.72 Å². The molecule has 2 heterocycles. The number of hydrogen-bond acceptors (Lipinski definition) is 3. The minimum absolute atomic E-state index is 0.294. The summed E-state index contributed by atoms with van der Waals surface area (Å²) in [5.74, 6) is -0.343. The molecule has 3 rings (SSSR count). The van der Waals surface area contributed by atoms with Crippen LogP contribution in [0.25, 0.3) is 16.8 Å². The van der Waals surface area contributed by atoms with E-state index in [0.29, 0.717) is 5.69 Å². The maximum absolute atomic E-state index is 12.2. The largest absolute Gasteiger partial charge is 0.573 e. The lowest BCUT2D eigenvalue weighted by atomic mass is 10.1. The number of nitrogens with zero attached hydrogens (tertiary/aromatic N) is 2. The van der Waals surface area contributed by atoms with Crippen LogP contribution in [0, 0.1) is 0 Å². The second-order valence-corrected chi connectivity index (χ2v) is 4.90. The van der Waals surface area contributed by atoms with Crippen LogP contribution < -0.4 is 10.3 Å². The molecule has 0 amide bonds. The van der Waals surface area contributed by atoms with Crippen molar-refractivity contribution in [2.75, 3.05) is 0 Å². The second kappa shape index (κ2) is 6.19. The van der Waals surface area contributed by atoms with Gasteiger partial charge in [-0.2, -0.15) is 0 Å². The summed E-state index contributed by atoms with van der Waals surface area (Å²) in [4.78, 5) is 16.0. The zero-order valence-corrected chi connectivity index (χ0v) is 12.2. The Morgan fingerprint density at radius 2 is 1.54 bits per heavy atom. The summed E-state index contributed by atoms with van der Waals surface area (Å²) in [5, 5.41) is 0. The SMILES string of the molecule is O=c1ccc(-c2ccncc2)cn1-c1ccc(OC(F)(F)F)cc1. The summed E-state index contributed by atoms with van der Waals surface area (Å²) in [6.07, 6.45) is 0.138. The zero-order valence-electron chi connectivity index (χ0n) is 12.2. The number of benzene rings is 1. The van der Waals surface area contributed by atoms with E-state index in [1.807, 2.05) is 0 Å². The van der Waals surface area contributed by atoms with Crippen molar-refractivity contribution in [1.29, 1.82) is 0 Å². The minimum atomic E-state index is -4.75. The third-order valence-electron chi connectivity index (χ3n) is 3.27. The second-order valence-electron chi connectivity index (χ2n) is 4.90. The van der Waals surface area contributed by atoms with Crippen LogP contribution in [-0.2, 0) is 0 Å². The fraction of sp³-hybridized carbons (Fsp3) is 0.0588. The highest BCUT2D eigenvalue weighted by atomic mass is 19.4. The molecule has 0 N–H and O–H groups in total. The Labute approximate surface area is 134 Å². The Balaban J connectivity index is 1.96. The molecule has 0 spiro atoms. The topological polar surface area (TPSA) is 44.1 Å². The van der Waals surface area contributed by atoms with E-state index in [-0.39, 0.29) is 11.3 Å². The molecule has 24 heavy (non-hydrogen) atoms. The molecule has 0 saturated heterocycles. The van der Waals surface area contributed by atoms with Gasteiger partial charge in [0.15, 0.2) is 0 Å². The van der Waals surface area contributed by atoms with Crippen LogP contribution >= 0.6 is 0 Å². The molecular weight excluding hydrogens is 321 g/mol. The summed E-state index contributed by atoms with van der Waals surface area (Å²) in [5.41, 5.74) is 1.80. The first-order chi connectivity index (χ1) is 11.4. The van der Waals surface area contributed by atoms with Gasteiger partial charge in [-0.1, -0.05) is 0 Å². The molecule has 2 aromatic heterocycles. The molecule has 0 fully saturated rings. The van der Waals surface area contributed by atoms with Gasteiger partial charge in [-0.15, -0.1) is 13.2 Å². The van der Waals surface area contributed by atoms with Crippen LogP contribution in [0.5, 0.6) is 5.75 Å². The highest BCUT2D eigenvalue weighted by Crippen LogP contribution is 2.24. The van der Waals surface area contributed by atoms with E-state index >= 15 is 0 Å². The van der Waals surface area contributed by atoms with E-state index in [9.17, 15) is 18.0 Å². The standard InChI is InChI=1S/C17H11F3N2O2/c18-17(19,20)24-15-4-2-14(3-5-15)22-11-13(1-6-16(22)23)12-7-9-21-10-8-12/h1-11H. The van der Waals surface area contributed by atoms with Gasteiger partial charge < -0.3 is 4.74 Å². The fourth-order valence-electron chi connectivity index (χ4n) is 2.21. The number of ether oxygens (including phenoxy) is 1. The monoisotopic (exact) mass is 332 g/mol. The van der Waals surface area contributed by atoms with Gasteiger partial charge >= 0.3 is 6.36 Å². The van der Waals surface area contributed by atoms with Crippen molar-refractivity contribution in [3.05, 3.63) is 77.5 Å². The van der Waals surface area contributed by atoms with E-state index in [4.69, 9.17) is 0 Å². The number of hydrogen-bond donors (Lipinski definition) is 0. The van der Waals surface area contributed by atoms with Gasteiger partial charge in [-0.05, 0) is 53.6 Å². The molecule has 122 valence electrons. The first kappa shape index (κ1) is 15.8. The first-order valence-corrected chi connectivity index (χ1v) is 6.92. The quantitative estimate of drug-likeness (QED) is 0.733. The van der Waals surface area contributed by atoms with Gasteiger partial charge in [-0.3, -0.25) is 14.3 Å². The Bertz CT molecular complexity index is 888. The average Bonchev–Trinajstić information content (AvgIpc) is 2.56. The Hall–Kier alpha value is -3.09. The van der Waals surface area contributed by atoms with E-state index in [1.165, 1.54) is 22.8 Å². The normalized spacial score (nSPS) is 11.3. The van der Waals surface area contributed by atoms with E-state index < -0.39 is 6.36 Å². The maximum atomic E-state index is 12.2. The summed E-state index contributed by atoms with van der Waals surface area (Å²) >= 11 is 0. The molecule has 7 heteroatoms. The van der Waals surface area contributed by atoms with Crippen molar-refractivity contribution < 1.29 is 17.9 Å². The summed E-state index contributed by atoms with van der Waals surface area (Å²) in [6.45, 7) is 0. The molecule has 3 aromatic rings. The predicted molar refractivity (Wildman–Crippen MR) is 82.0 cm³/mol. The molecule has 0 saturated carbocycles. The maximum Gasteiger partial charge on any atom is 0.573 e. The van der Waals surface area contributed by atoms with Gasteiger partial charge in [0.2, 0.25) is 0 Å². The average molecular weight is 332 g/mol. The Kier molecular flexibility index (Phi) is 4.07. The van der Waals surface area contributed by atoms with Crippen LogP contribution in [0.2, 0.25) is 0 Å². The number of alkyl halides is 3. The van der Waals surface area contributed by atoms with Crippen molar-refractivity contribution in [1.82, 2.24) is 9.55 Å². The van der Waals surface area contributed by atoms with Gasteiger partial charge in [0, 0.05) is 30.3 Å². The highest BCUT2D eigenvalue weighted by Gasteiger charge is 2.30. The van der Waals surface area contributed by atoms with Gasteiger partial charge in [0.25, 0.3) is 5.56 Å². The molecule has 1 aromatic carbocycles. The molecule has 4 nitrogen and oxygen atoms in total. The molecule has 0 atom stereocenters. The van der Waals surface area contributed by atoms with Gasteiger partial charge in [0.1, 0.15) is 5.75 Å². The van der Waals surface area contributed by atoms with Crippen LogP contribution in [-0.4, -0.2) is 15.9 Å². The molecule has 0 unspecified atom stereocenters. The van der Waals surface area contributed by atoms with E-state index in [0.717, 1.165) is 23.3 Å². The molecular formula is C17H11F3N2O2. The number of aromatic nitrogens is 2. The number of rotatable bonds is 3. The van der Waals surface area contributed by atoms with Crippen molar-refractivity contribution >= 4 is 0 Å². The van der Waals surface area contributed by atoms with Crippen molar-refractivity contribution in [2.24, 2.45) is 0 Å². The molecule has 0 bridgehead atoms. The number of halogens is 3. The molecule has 0 aliphatic rings. The van der Waals surface area contributed by atoms with Gasteiger partial charge in [-0.25, -0.2) is 0 Å². The van der Waals surface area contributed by atoms with Crippen LogP contribution in [0.1, 0.15) is 0 Å². The fourth-order valence-corrected chi connectivity index (χ4v) is 2.21. The molecule has 0 aliphatic carbocycles. The summed E-state index contributed by atoms with van der Waals surface area (Å²) < 4.78 is 41.7. The Morgan fingerprint density at radius 3 is 2.17 bits per heavy atom. The van der Waals surface area contributed by atoms with Crippen LogP contribution in [0.4, 0.5) is 13.2 Å². The molecule has 0 radical (unpaired) electrons. The van der Waals surface area contributed by atoms with Crippen LogP contribution in [0.3, 0.4) is 0 Å². The zero-order chi connectivity index (χ0) is 17.2. The van der Waals surface area contributed by atoms with E-state index in [1.54, 1.807) is 36.8 Å². The third-order valence-corrected chi connectivity index (χ3v) is 3.27. The first-order valence-electron chi connectivity index (χ1n) is 6.92. The lowest BCUT2D eigenvalue weighted by Crippen LogP contribution is -2.18. The van der Waals surface area contributed by atoms with Gasteiger partial charge in [0.05, 0.1) is 0 Å². The smallest absolute Gasteiger partial charge is 0.406 e. The van der Waals surface area contributed by atoms with Crippen molar-refractivity contribution in [2.45, 2.75) is 6.36 Å². The lowest BCUT2D eigenvalue weighted by molar-refractivity contribution is -0.274. The minimum Gasteiger partial charge on any atom is -0.406 e. The molecule has 0 aliphatic heterocycles. The Morgan fingerprint density at radius 1 is 0.875 bits per heavy atom. The predicted octanol–water partition coefficient (Wildman–Crippen LogP) is 3.80. The summed E-state index contributed by atoms with van der Waals surface area (Å²) in [6, 6.07) is 11.8. The highest BCUT2D eigenvalue weighted by molar-refractivity contribution is 5.62. The van der Waals surface area contributed by atoms with Crippen molar-refractivity contribution in [3.63, 3.8) is 0 Å². The lowest BCUT2D eigenvalue weighted by Gasteiger charge is -2.11. The third kappa shape index (κ3) is 3.62. The summed E-state index contributed by atoms with van der Waals surface area (Å²) in [7, 11) is 0. The van der Waals surface area contributed by atoms with Crippen molar-refractivity contribution in [3.8, 4) is 22.6 Å².